The molecule has 2 aromatic rings. The molecule has 0 saturated heterocycles. The lowest BCUT2D eigenvalue weighted by molar-refractivity contribution is 0.0899. The van der Waals surface area contributed by atoms with Gasteiger partial charge in [-0.2, -0.15) is 0 Å². The van der Waals surface area contributed by atoms with Gasteiger partial charge in [0.05, 0.1) is 5.54 Å². The van der Waals surface area contributed by atoms with Crippen molar-refractivity contribution in [3.63, 3.8) is 0 Å². The van der Waals surface area contributed by atoms with E-state index in [9.17, 15) is 4.79 Å². The van der Waals surface area contributed by atoms with Crippen LogP contribution in [-0.2, 0) is 0 Å². The van der Waals surface area contributed by atoms with Gasteiger partial charge in [0.2, 0.25) is 0 Å². The summed E-state index contributed by atoms with van der Waals surface area (Å²) in [6, 6.07) is 9.65. The first-order valence-electron chi connectivity index (χ1n) is 6.88. The van der Waals surface area contributed by atoms with E-state index < -0.39 is 0 Å². The summed E-state index contributed by atoms with van der Waals surface area (Å²) in [7, 11) is 0. The number of benzene rings is 1. The van der Waals surface area contributed by atoms with Crippen molar-refractivity contribution in [2.24, 2.45) is 0 Å². The quantitative estimate of drug-likeness (QED) is 0.852. The normalized spacial score (nSPS) is 11.6. The average molecular weight is 291 g/mol. The van der Waals surface area contributed by atoms with E-state index in [1.54, 1.807) is 6.20 Å². The van der Waals surface area contributed by atoms with E-state index in [-0.39, 0.29) is 11.4 Å². The minimum atomic E-state index is -0.364. The van der Waals surface area contributed by atoms with Crippen LogP contribution in [0.15, 0.2) is 36.5 Å². The Morgan fingerprint density at radius 3 is 2.60 bits per heavy atom. The Balaban J connectivity index is 2.37. The Bertz CT molecular complexity index is 595. The zero-order chi connectivity index (χ0) is 14.6. The molecule has 0 unspecified atom stereocenters. The van der Waals surface area contributed by atoms with Gasteiger partial charge in [0, 0.05) is 17.5 Å². The molecule has 0 radical (unpaired) electrons. The Morgan fingerprint density at radius 1 is 1.25 bits per heavy atom. The maximum Gasteiger partial charge on any atom is 0.270 e. The summed E-state index contributed by atoms with van der Waals surface area (Å²) in [6.45, 7) is 4.06. The Hall–Kier alpha value is -1.61. The molecule has 0 aliphatic rings. The molecule has 4 heteroatoms. The number of hydrogen-bond donors (Lipinski definition) is 1. The number of carbonyl (C=O) groups excluding carboxylic acids is 1. The van der Waals surface area contributed by atoms with Crippen LogP contribution >= 0.6 is 11.6 Å². The molecule has 0 aliphatic heterocycles. The van der Waals surface area contributed by atoms with Crippen LogP contribution in [0.25, 0.3) is 10.8 Å². The number of halogens is 1. The van der Waals surface area contributed by atoms with Crippen LogP contribution in [0, 0.1) is 0 Å². The number of pyridine rings is 1. The van der Waals surface area contributed by atoms with Gasteiger partial charge in [0.1, 0.15) is 5.69 Å². The highest BCUT2D eigenvalue weighted by molar-refractivity contribution is 6.19. The van der Waals surface area contributed by atoms with Crippen molar-refractivity contribution in [3.8, 4) is 0 Å². The molecular weight excluding hydrogens is 272 g/mol. The van der Waals surface area contributed by atoms with E-state index >= 15 is 0 Å². The van der Waals surface area contributed by atoms with Gasteiger partial charge < -0.3 is 5.32 Å². The standard InChI is InChI=1S/C16H19ClN2O/c1-3-16(4-2,11-17)19-15(20)14-13-8-6-5-7-12(13)9-10-18-14/h5-10H,3-4,11H2,1-2H3,(H,19,20). The molecule has 106 valence electrons. The van der Waals surface area contributed by atoms with Crippen molar-refractivity contribution < 1.29 is 4.79 Å². The highest BCUT2D eigenvalue weighted by Crippen LogP contribution is 2.20. The molecule has 0 saturated carbocycles. The Morgan fingerprint density at radius 2 is 1.95 bits per heavy atom. The van der Waals surface area contributed by atoms with Gasteiger partial charge in [-0.05, 0) is 24.3 Å². The number of nitrogens with one attached hydrogen (secondary N) is 1. The Kier molecular flexibility index (Phi) is 4.61. The van der Waals surface area contributed by atoms with E-state index in [1.165, 1.54) is 0 Å². The molecule has 0 spiro atoms. The lowest BCUT2D eigenvalue weighted by atomic mass is 9.95. The molecule has 1 amide bonds. The second-order valence-electron chi connectivity index (χ2n) is 4.96. The maximum atomic E-state index is 12.5. The molecule has 2 rings (SSSR count). The third-order valence-corrected chi connectivity index (χ3v) is 4.39. The molecular formula is C16H19ClN2O. The van der Waals surface area contributed by atoms with Gasteiger partial charge in [0.15, 0.2) is 0 Å². The van der Waals surface area contributed by atoms with Crippen molar-refractivity contribution in [1.29, 1.82) is 0 Å². The molecule has 3 nitrogen and oxygen atoms in total. The van der Waals surface area contributed by atoms with Crippen molar-refractivity contribution >= 4 is 28.3 Å². The fraction of sp³-hybridized carbons (Fsp3) is 0.375. The highest BCUT2D eigenvalue weighted by Gasteiger charge is 2.28. The van der Waals surface area contributed by atoms with Crippen LogP contribution in [0.3, 0.4) is 0 Å². The van der Waals surface area contributed by atoms with Crippen molar-refractivity contribution in [2.75, 3.05) is 5.88 Å². The van der Waals surface area contributed by atoms with E-state index in [2.05, 4.69) is 10.3 Å². The molecule has 0 fully saturated rings. The average Bonchev–Trinajstić information content (AvgIpc) is 2.52. The molecule has 1 aromatic heterocycles. The van der Waals surface area contributed by atoms with E-state index in [1.807, 2.05) is 44.2 Å². The van der Waals surface area contributed by atoms with Crippen LogP contribution < -0.4 is 5.32 Å². The zero-order valence-electron chi connectivity index (χ0n) is 11.8. The first kappa shape index (κ1) is 14.8. The van der Waals surface area contributed by atoms with Crippen LogP contribution in [0.4, 0.5) is 0 Å². The largest absolute Gasteiger partial charge is 0.344 e. The SMILES string of the molecule is CCC(CC)(CCl)NC(=O)c1nccc2ccccc12. The first-order valence-corrected chi connectivity index (χ1v) is 7.41. The summed E-state index contributed by atoms with van der Waals surface area (Å²) in [6.07, 6.45) is 3.25. The number of carbonyl (C=O) groups is 1. The number of rotatable bonds is 5. The first-order chi connectivity index (χ1) is 9.65. The predicted octanol–water partition coefficient (Wildman–Crippen LogP) is 3.76. The second kappa shape index (κ2) is 6.23. The lowest BCUT2D eigenvalue weighted by Gasteiger charge is -2.30. The molecule has 0 bridgehead atoms. The molecule has 0 atom stereocenters. The van der Waals surface area contributed by atoms with Crippen molar-refractivity contribution in [2.45, 2.75) is 32.2 Å². The summed E-state index contributed by atoms with van der Waals surface area (Å²) in [4.78, 5) is 16.8. The van der Waals surface area contributed by atoms with Crippen LogP contribution in [0.2, 0.25) is 0 Å². The van der Waals surface area contributed by atoms with Gasteiger partial charge >= 0.3 is 0 Å². The van der Waals surface area contributed by atoms with Crippen LogP contribution in [0.5, 0.6) is 0 Å². The van der Waals surface area contributed by atoms with Crippen LogP contribution in [-0.4, -0.2) is 22.3 Å². The fourth-order valence-corrected chi connectivity index (χ4v) is 2.69. The monoisotopic (exact) mass is 290 g/mol. The lowest BCUT2D eigenvalue weighted by Crippen LogP contribution is -2.49. The third kappa shape index (κ3) is 2.78. The maximum absolute atomic E-state index is 12.5. The van der Waals surface area contributed by atoms with Gasteiger partial charge in [-0.1, -0.05) is 38.1 Å². The summed E-state index contributed by atoms with van der Waals surface area (Å²) in [5.41, 5.74) is 0.0940. The van der Waals surface area contributed by atoms with E-state index in [0.29, 0.717) is 11.6 Å². The molecule has 20 heavy (non-hydrogen) atoms. The number of alkyl halides is 1. The molecule has 1 heterocycles. The summed E-state index contributed by atoms with van der Waals surface area (Å²) >= 11 is 6.04. The highest BCUT2D eigenvalue weighted by atomic mass is 35.5. The molecule has 0 aliphatic carbocycles. The predicted molar refractivity (Wildman–Crippen MR) is 83.2 cm³/mol. The van der Waals surface area contributed by atoms with Gasteiger partial charge in [-0.15, -0.1) is 11.6 Å². The van der Waals surface area contributed by atoms with Gasteiger partial charge in [0.25, 0.3) is 5.91 Å². The number of amides is 1. The molecule has 1 aromatic carbocycles. The number of aromatic nitrogens is 1. The number of nitrogens with zero attached hydrogens (tertiary/aromatic N) is 1. The fourth-order valence-electron chi connectivity index (χ4n) is 2.25. The Labute approximate surface area is 124 Å². The topological polar surface area (TPSA) is 42.0 Å². The van der Waals surface area contributed by atoms with Gasteiger partial charge in [-0.3, -0.25) is 9.78 Å². The molecule has 1 N–H and O–H groups in total. The summed E-state index contributed by atoms with van der Waals surface area (Å²) in [5, 5.41) is 4.93. The number of hydrogen-bond acceptors (Lipinski definition) is 2. The third-order valence-electron chi connectivity index (χ3n) is 3.88. The minimum absolute atomic E-state index is 0.161. The zero-order valence-corrected chi connectivity index (χ0v) is 12.6. The van der Waals surface area contributed by atoms with Crippen molar-refractivity contribution in [3.05, 3.63) is 42.2 Å². The van der Waals surface area contributed by atoms with E-state index in [0.717, 1.165) is 23.6 Å². The van der Waals surface area contributed by atoms with Crippen LogP contribution in [0.1, 0.15) is 37.2 Å². The summed E-state index contributed by atoms with van der Waals surface area (Å²) in [5.74, 6) is 0.238. The minimum Gasteiger partial charge on any atom is -0.344 e. The smallest absolute Gasteiger partial charge is 0.270 e. The number of fused-ring (bicyclic) bond motifs is 1. The van der Waals surface area contributed by atoms with Gasteiger partial charge in [-0.25, -0.2) is 0 Å². The summed E-state index contributed by atoms with van der Waals surface area (Å²) < 4.78 is 0. The van der Waals surface area contributed by atoms with Crippen molar-refractivity contribution in [1.82, 2.24) is 10.3 Å². The second-order valence-corrected chi connectivity index (χ2v) is 5.22. The van der Waals surface area contributed by atoms with E-state index in [4.69, 9.17) is 11.6 Å².